The Labute approximate surface area is 296 Å². The minimum absolute atomic E-state index is 0.0876. The highest BCUT2D eigenvalue weighted by Gasteiger charge is 2.40. The second-order valence-electron chi connectivity index (χ2n) is 18.9. The van der Waals surface area contributed by atoms with Gasteiger partial charge in [0.2, 0.25) is 16.6 Å². The van der Waals surface area contributed by atoms with Gasteiger partial charge in [0, 0.05) is 11.1 Å². The van der Waals surface area contributed by atoms with Gasteiger partial charge in [0.25, 0.3) is 0 Å². The lowest BCUT2D eigenvalue weighted by atomic mass is 9.87. The van der Waals surface area contributed by atoms with Crippen LogP contribution in [0.1, 0.15) is 63.8 Å². The number of hydrogen-bond acceptors (Lipinski definition) is 2. The highest BCUT2D eigenvalue weighted by molar-refractivity contribution is 6.84. The molecule has 4 aromatic carbocycles. The summed E-state index contributed by atoms with van der Waals surface area (Å²) in [4.78, 5) is 0. The van der Waals surface area contributed by atoms with Crippen LogP contribution in [-0.4, -0.2) is 32.8 Å². The van der Waals surface area contributed by atoms with E-state index in [4.69, 9.17) is 8.85 Å². The van der Waals surface area contributed by atoms with Gasteiger partial charge < -0.3 is 8.85 Å². The summed E-state index contributed by atoms with van der Waals surface area (Å²) in [6, 6.07) is 13.5. The highest BCUT2D eigenvalue weighted by Crippen LogP contribution is 2.46. The Morgan fingerprint density at radius 2 is 0.833 bits per heavy atom. The molecule has 0 radical (unpaired) electrons. The molecule has 0 aliphatic heterocycles. The Hall–Kier alpha value is -2.75. The van der Waals surface area contributed by atoms with Crippen molar-refractivity contribution in [3.8, 4) is 34.4 Å². The number of fused-ring (bicyclic) bond motifs is 5. The molecule has 0 spiro atoms. The number of rotatable bonds is 4. The van der Waals surface area contributed by atoms with Crippen LogP contribution in [0.2, 0.25) is 75.5 Å². The summed E-state index contributed by atoms with van der Waals surface area (Å²) in [6.45, 7) is 41.5. The van der Waals surface area contributed by atoms with Gasteiger partial charge in [0.15, 0.2) is 0 Å². The fraction of sp³-hybridized carbons (Fsp3) is 0.476. The van der Waals surface area contributed by atoms with E-state index in [-0.39, 0.29) is 10.1 Å². The first kappa shape index (κ1) is 38.1. The second kappa shape index (κ2) is 12.5. The third-order valence-electron chi connectivity index (χ3n) is 10.3. The highest BCUT2D eigenvalue weighted by atomic mass is 28.4. The van der Waals surface area contributed by atoms with Crippen LogP contribution < -0.4 is 8.85 Å². The van der Waals surface area contributed by atoms with Crippen LogP contribution in [-0.2, 0) is 0 Å². The zero-order valence-electron chi connectivity index (χ0n) is 33.3. The minimum Gasteiger partial charge on any atom is -0.543 e. The van der Waals surface area contributed by atoms with Crippen LogP contribution in [0.5, 0.6) is 11.5 Å². The van der Waals surface area contributed by atoms with Gasteiger partial charge in [-0.25, -0.2) is 0 Å². The maximum Gasteiger partial charge on any atom is 0.250 e. The first-order valence-electron chi connectivity index (χ1n) is 17.5. The van der Waals surface area contributed by atoms with Crippen LogP contribution in [0.4, 0.5) is 0 Å². The molecular formula is C42H60O2Si4. The van der Waals surface area contributed by atoms with Gasteiger partial charge in [-0.2, -0.15) is 0 Å². The van der Waals surface area contributed by atoms with E-state index in [1.807, 2.05) is 0 Å². The first-order chi connectivity index (χ1) is 21.6. The van der Waals surface area contributed by atoms with Gasteiger partial charge in [-0.1, -0.05) is 92.7 Å². The van der Waals surface area contributed by atoms with Crippen LogP contribution in [0.15, 0.2) is 36.4 Å². The Bertz CT molecular complexity index is 1890. The molecule has 0 aromatic heterocycles. The van der Waals surface area contributed by atoms with Crippen molar-refractivity contribution < 1.29 is 8.85 Å². The summed E-state index contributed by atoms with van der Waals surface area (Å²) in [5.41, 5.74) is 11.9. The van der Waals surface area contributed by atoms with E-state index in [1.165, 1.54) is 43.4 Å². The average Bonchev–Trinajstić information content (AvgIpc) is 2.90. The van der Waals surface area contributed by atoms with Crippen molar-refractivity contribution in [3.63, 3.8) is 0 Å². The van der Waals surface area contributed by atoms with Crippen molar-refractivity contribution in [2.75, 3.05) is 0 Å². The lowest BCUT2D eigenvalue weighted by Gasteiger charge is -2.37. The molecule has 0 unspecified atom stereocenters. The molecule has 0 saturated carbocycles. The van der Waals surface area contributed by atoms with E-state index < -0.39 is 32.8 Å². The van der Waals surface area contributed by atoms with Crippen molar-refractivity contribution >= 4 is 65.1 Å². The quantitative estimate of drug-likeness (QED) is 0.119. The molecule has 4 aromatic rings. The zero-order valence-corrected chi connectivity index (χ0v) is 37.3. The molecule has 0 aliphatic rings. The Morgan fingerprint density at radius 1 is 0.500 bits per heavy atom. The summed E-state index contributed by atoms with van der Waals surface area (Å²) in [5.74, 6) is 9.29. The van der Waals surface area contributed by atoms with Gasteiger partial charge >= 0.3 is 0 Å². The van der Waals surface area contributed by atoms with E-state index >= 15 is 0 Å². The monoisotopic (exact) mass is 708 g/mol. The minimum atomic E-state index is -2.09. The number of hydrogen-bond donors (Lipinski definition) is 0. The lowest BCUT2D eigenvalue weighted by molar-refractivity contribution is 0.490. The third kappa shape index (κ3) is 7.84. The SMILES string of the molecule is Cc1c(O[Si](C)(C)C(C)(C)C)ccc2c(C#C[Si](C)(C)C)cc3cc(C#C[Si](C)(C)C)c4ccc(O[Si](C)(C)C(C)(C)C)c(C)c4c3c12. The summed E-state index contributed by atoms with van der Waals surface area (Å²) >= 11 is 0. The Morgan fingerprint density at radius 3 is 1.12 bits per heavy atom. The lowest BCUT2D eigenvalue weighted by Crippen LogP contribution is -2.44. The van der Waals surface area contributed by atoms with Gasteiger partial charge in [0.1, 0.15) is 27.6 Å². The molecule has 6 heteroatoms. The summed E-state index contributed by atoms with van der Waals surface area (Å²) in [7, 11) is -7.44. The number of benzene rings is 4. The summed E-state index contributed by atoms with van der Waals surface area (Å²) in [6.07, 6.45) is 0. The zero-order chi connectivity index (χ0) is 36.4. The molecule has 0 heterocycles. The van der Waals surface area contributed by atoms with Crippen LogP contribution in [0.25, 0.3) is 32.3 Å². The number of aryl methyl sites for hydroxylation is 2. The maximum absolute atomic E-state index is 7.05. The van der Waals surface area contributed by atoms with Gasteiger partial charge in [-0.15, -0.1) is 11.1 Å². The third-order valence-corrected chi connectivity index (χ3v) is 20.7. The van der Waals surface area contributed by atoms with Crippen LogP contribution >= 0.6 is 0 Å². The maximum atomic E-state index is 7.05. The molecule has 0 saturated heterocycles. The Kier molecular flexibility index (Phi) is 9.94. The largest absolute Gasteiger partial charge is 0.543 e. The molecule has 0 amide bonds. The van der Waals surface area contributed by atoms with Crippen LogP contribution in [0.3, 0.4) is 0 Å². The second-order valence-corrected chi connectivity index (χ2v) is 37.8. The smallest absolute Gasteiger partial charge is 0.250 e. The molecule has 2 nitrogen and oxygen atoms in total. The van der Waals surface area contributed by atoms with Gasteiger partial charge in [0.05, 0.1) is 0 Å². The summed E-state index contributed by atoms with van der Waals surface area (Å²) in [5, 5.41) is 7.42. The molecule has 4 rings (SSSR count). The van der Waals surface area contributed by atoms with E-state index in [1.54, 1.807) is 0 Å². The van der Waals surface area contributed by atoms with E-state index in [9.17, 15) is 0 Å². The molecule has 256 valence electrons. The Balaban J connectivity index is 2.28. The summed E-state index contributed by atoms with van der Waals surface area (Å²) < 4.78 is 14.1. The predicted molar refractivity (Wildman–Crippen MR) is 225 cm³/mol. The van der Waals surface area contributed by atoms with E-state index in [0.717, 1.165) is 22.6 Å². The van der Waals surface area contributed by atoms with Crippen molar-refractivity contribution in [1.82, 2.24) is 0 Å². The average molecular weight is 709 g/mol. The van der Waals surface area contributed by atoms with Gasteiger partial charge in [-0.05, 0) is 130 Å². The molecule has 0 atom stereocenters. The van der Waals surface area contributed by atoms with E-state index in [2.05, 4.69) is 180 Å². The van der Waals surface area contributed by atoms with Crippen molar-refractivity contribution in [3.05, 3.63) is 58.7 Å². The molecule has 0 fully saturated rings. The fourth-order valence-corrected chi connectivity index (χ4v) is 8.51. The van der Waals surface area contributed by atoms with Crippen LogP contribution in [0, 0.1) is 36.8 Å². The standard InChI is InChI=1S/C42H60O2Si4/c1-29-36(43-47(15,16)41(3,4)5)21-19-34-31(23-25-45(9,10)11)27-33-28-32(24-26-46(12,13)14)35-20-22-37(44-48(17,18)42(6,7)8)30(2)39(35)40(33)38(29)34/h19-22,27-28H,1-18H3. The molecular weight excluding hydrogens is 649 g/mol. The van der Waals surface area contributed by atoms with Crippen molar-refractivity contribution in [2.24, 2.45) is 0 Å². The van der Waals surface area contributed by atoms with Crippen molar-refractivity contribution in [2.45, 2.75) is 131 Å². The van der Waals surface area contributed by atoms with E-state index in [0.29, 0.717) is 0 Å². The molecule has 0 N–H and O–H groups in total. The van der Waals surface area contributed by atoms with Gasteiger partial charge in [-0.3, -0.25) is 0 Å². The molecule has 0 aliphatic carbocycles. The topological polar surface area (TPSA) is 18.5 Å². The predicted octanol–water partition coefficient (Wildman–Crippen LogP) is 13.0. The molecule has 0 bridgehead atoms. The fourth-order valence-electron chi connectivity index (χ4n) is 5.34. The van der Waals surface area contributed by atoms with Crippen molar-refractivity contribution in [1.29, 1.82) is 0 Å². The first-order valence-corrected chi connectivity index (χ1v) is 30.4. The normalized spacial score (nSPS) is 13.3. The molecule has 48 heavy (non-hydrogen) atoms.